The summed E-state index contributed by atoms with van der Waals surface area (Å²) in [6.07, 6.45) is 0. The molecule has 2 heterocycles. The van der Waals surface area contributed by atoms with Crippen LogP contribution in [0.1, 0.15) is 15.9 Å². The summed E-state index contributed by atoms with van der Waals surface area (Å²) in [5.74, 6) is 0.957. The third kappa shape index (κ3) is 2.72. The Morgan fingerprint density at radius 2 is 2.05 bits per heavy atom. The molecule has 0 aromatic heterocycles. The summed E-state index contributed by atoms with van der Waals surface area (Å²) in [6.45, 7) is 4.85. The van der Waals surface area contributed by atoms with E-state index in [0.717, 1.165) is 30.0 Å². The second kappa shape index (κ2) is 5.59. The van der Waals surface area contributed by atoms with Gasteiger partial charge in [0.25, 0.3) is 5.91 Å². The summed E-state index contributed by atoms with van der Waals surface area (Å²) >= 11 is 0. The maximum absolute atomic E-state index is 12.4. The number of ether oxygens (including phenoxy) is 2. The first-order valence-electron chi connectivity index (χ1n) is 6.68. The molecule has 1 aromatic rings. The van der Waals surface area contributed by atoms with Gasteiger partial charge in [-0.15, -0.1) is 0 Å². The first-order valence-corrected chi connectivity index (χ1v) is 6.68. The molecule has 1 amide bonds. The Bertz CT molecular complexity index is 470. The highest BCUT2D eigenvalue weighted by Gasteiger charge is 2.20. The Kier molecular flexibility index (Phi) is 3.66. The van der Waals surface area contributed by atoms with Gasteiger partial charge in [0, 0.05) is 37.3 Å². The fourth-order valence-electron chi connectivity index (χ4n) is 2.40. The van der Waals surface area contributed by atoms with Crippen LogP contribution in [0.2, 0.25) is 0 Å². The van der Waals surface area contributed by atoms with E-state index >= 15 is 0 Å². The Morgan fingerprint density at radius 1 is 1.21 bits per heavy atom. The number of nitrogens with zero attached hydrogens (tertiary/aromatic N) is 1. The van der Waals surface area contributed by atoms with Crippen LogP contribution in [-0.2, 0) is 11.3 Å². The van der Waals surface area contributed by atoms with Gasteiger partial charge in [-0.2, -0.15) is 0 Å². The minimum absolute atomic E-state index is 0.0790. The summed E-state index contributed by atoms with van der Waals surface area (Å²) < 4.78 is 10.9. The second-order valence-corrected chi connectivity index (χ2v) is 4.75. The van der Waals surface area contributed by atoms with Gasteiger partial charge in [0.05, 0.1) is 13.2 Å². The topological polar surface area (TPSA) is 50.8 Å². The van der Waals surface area contributed by atoms with Crippen LogP contribution in [0.4, 0.5) is 0 Å². The number of carbonyl (C=O) groups is 1. The highest BCUT2D eigenvalue weighted by Crippen LogP contribution is 2.22. The van der Waals surface area contributed by atoms with Crippen molar-refractivity contribution in [3.05, 3.63) is 29.3 Å². The van der Waals surface area contributed by atoms with Crippen LogP contribution in [0.15, 0.2) is 18.2 Å². The SMILES string of the molecule is O=C(c1ccc2c(c1)CNCCO2)N1CCOCC1. The lowest BCUT2D eigenvalue weighted by Gasteiger charge is -2.27. The van der Waals surface area contributed by atoms with Gasteiger partial charge < -0.3 is 19.7 Å². The molecule has 1 saturated heterocycles. The molecule has 102 valence electrons. The monoisotopic (exact) mass is 262 g/mol. The smallest absolute Gasteiger partial charge is 0.254 e. The van der Waals surface area contributed by atoms with Crippen molar-refractivity contribution < 1.29 is 14.3 Å². The summed E-state index contributed by atoms with van der Waals surface area (Å²) in [6, 6.07) is 5.68. The van der Waals surface area contributed by atoms with Gasteiger partial charge in [-0.25, -0.2) is 0 Å². The van der Waals surface area contributed by atoms with Crippen LogP contribution < -0.4 is 10.1 Å². The standard InChI is InChI=1S/C14H18N2O3/c17-14(16-4-7-18-8-5-16)11-1-2-13-12(9-11)10-15-3-6-19-13/h1-2,9,15H,3-8,10H2. The molecule has 0 spiro atoms. The normalized spacial score (nSPS) is 19.3. The van der Waals surface area contributed by atoms with Crippen molar-refractivity contribution in [3.8, 4) is 5.75 Å². The highest BCUT2D eigenvalue weighted by molar-refractivity contribution is 5.94. The van der Waals surface area contributed by atoms with E-state index in [1.165, 1.54) is 0 Å². The summed E-state index contributed by atoms with van der Waals surface area (Å²) in [4.78, 5) is 14.2. The van der Waals surface area contributed by atoms with Crippen LogP contribution in [0.25, 0.3) is 0 Å². The van der Waals surface area contributed by atoms with Gasteiger partial charge in [0.1, 0.15) is 12.4 Å². The Labute approximate surface area is 112 Å². The molecule has 0 aliphatic carbocycles. The molecule has 1 N–H and O–H groups in total. The van der Waals surface area contributed by atoms with Gasteiger partial charge in [-0.05, 0) is 18.2 Å². The van der Waals surface area contributed by atoms with Crippen molar-refractivity contribution in [2.24, 2.45) is 0 Å². The number of rotatable bonds is 1. The molecule has 5 heteroatoms. The third-order valence-electron chi connectivity index (χ3n) is 3.46. The van der Waals surface area contributed by atoms with Crippen molar-refractivity contribution in [2.75, 3.05) is 39.5 Å². The molecule has 0 unspecified atom stereocenters. The summed E-state index contributed by atoms with van der Waals surface area (Å²) in [7, 11) is 0. The fraction of sp³-hybridized carbons (Fsp3) is 0.500. The van der Waals surface area contributed by atoms with Crippen LogP contribution >= 0.6 is 0 Å². The minimum Gasteiger partial charge on any atom is -0.492 e. The van der Waals surface area contributed by atoms with E-state index in [0.29, 0.717) is 32.9 Å². The Balaban J connectivity index is 1.80. The second-order valence-electron chi connectivity index (χ2n) is 4.75. The molecule has 1 fully saturated rings. The maximum atomic E-state index is 12.4. The zero-order valence-corrected chi connectivity index (χ0v) is 10.9. The largest absolute Gasteiger partial charge is 0.492 e. The number of carbonyl (C=O) groups excluding carboxylic acids is 1. The van der Waals surface area contributed by atoms with Crippen molar-refractivity contribution >= 4 is 5.91 Å². The van der Waals surface area contributed by atoms with Gasteiger partial charge in [0.15, 0.2) is 0 Å². The number of fused-ring (bicyclic) bond motifs is 1. The minimum atomic E-state index is 0.0790. The van der Waals surface area contributed by atoms with Gasteiger partial charge in [-0.3, -0.25) is 4.79 Å². The molecular weight excluding hydrogens is 244 g/mol. The zero-order valence-electron chi connectivity index (χ0n) is 10.9. The molecule has 0 bridgehead atoms. The lowest BCUT2D eigenvalue weighted by atomic mass is 10.1. The third-order valence-corrected chi connectivity index (χ3v) is 3.46. The average Bonchev–Trinajstić information content (AvgIpc) is 2.72. The summed E-state index contributed by atoms with van der Waals surface area (Å²) in [5, 5.41) is 3.28. The zero-order chi connectivity index (χ0) is 13.1. The number of hydrogen-bond donors (Lipinski definition) is 1. The van der Waals surface area contributed by atoms with Gasteiger partial charge >= 0.3 is 0 Å². The number of hydrogen-bond acceptors (Lipinski definition) is 4. The molecule has 1 aromatic carbocycles. The molecule has 2 aliphatic rings. The maximum Gasteiger partial charge on any atom is 0.254 e. The molecule has 5 nitrogen and oxygen atoms in total. The van der Waals surface area contributed by atoms with Crippen LogP contribution in [-0.4, -0.2) is 50.3 Å². The number of morpholine rings is 1. The van der Waals surface area contributed by atoms with Gasteiger partial charge in [0.2, 0.25) is 0 Å². The van der Waals surface area contributed by atoms with Crippen molar-refractivity contribution in [1.29, 1.82) is 0 Å². The molecule has 0 atom stereocenters. The van der Waals surface area contributed by atoms with E-state index in [4.69, 9.17) is 9.47 Å². The van der Waals surface area contributed by atoms with Crippen molar-refractivity contribution in [1.82, 2.24) is 10.2 Å². The lowest BCUT2D eigenvalue weighted by Crippen LogP contribution is -2.40. The number of nitrogens with one attached hydrogen (secondary N) is 1. The molecule has 0 radical (unpaired) electrons. The van der Waals surface area contributed by atoms with E-state index < -0.39 is 0 Å². The van der Waals surface area contributed by atoms with Crippen LogP contribution in [0.5, 0.6) is 5.75 Å². The predicted octanol–water partition coefficient (Wildman–Crippen LogP) is 0.641. The lowest BCUT2D eigenvalue weighted by molar-refractivity contribution is 0.0303. The molecule has 19 heavy (non-hydrogen) atoms. The summed E-state index contributed by atoms with van der Waals surface area (Å²) in [5.41, 5.74) is 1.78. The van der Waals surface area contributed by atoms with Crippen LogP contribution in [0.3, 0.4) is 0 Å². The number of amides is 1. The first kappa shape index (κ1) is 12.4. The predicted molar refractivity (Wildman–Crippen MR) is 70.4 cm³/mol. The van der Waals surface area contributed by atoms with E-state index in [1.54, 1.807) is 0 Å². The number of benzene rings is 1. The first-order chi connectivity index (χ1) is 9.34. The average molecular weight is 262 g/mol. The molecule has 3 rings (SSSR count). The van der Waals surface area contributed by atoms with E-state index in [2.05, 4.69) is 5.32 Å². The van der Waals surface area contributed by atoms with Gasteiger partial charge in [-0.1, -0.05) is 0 Å². The van der Waals surface area contributed by atoms with E-state index in [-0.39, 0.29) is 5.91 Å². The molecular formula is C14H18N2O3. The quantitative estimate of drug-likeness (QED) is 0.807. The fourth-order valence-corrected chi connectivity index (χ4v) is 2.40. The molecule has 0 saturated carbocycles. The van der Waals surface area contributed by atoms with E-state index in [9.17, 15) is 4.79 Å². The van der Waals surface area contributed by atoms with E-state index in [1.807, 2.05) is 23.1 Å². The van der Waals surface area contributed by atoms with Crippen molar-refractivity contribution in [3.63, 3.8) is 0 Å². The van der Waals surface area contributed by atoms with Crippen LogP contribution in [0, 0.1) is 0 Å². The highest BCUT2D eigenvalue weighted by atomic mass is 16.5. The van der Waals surface area contributed by atoms with Crippen molar-refractivity contribution in [2.45, 2.75) is 6.54 Å². The Morgan fingerprint density at radius 3 is 2.89 bits per heavy atom. The Hall–Kier alpha value is -1.59. The molecule has 2 aliphatic heterocycles.